The molecule has 3 unspecified atom stereocenters. The Hall–Kier alpha value is 0.170. The molecule has 2 aliphatic carbocycles. The molecule has 2 N–H and O–H groups in total. The summed E-state index contributed by atoms with van der Waals surface area (Å²) >= 11 is 0. The molecule has 0 aromatic heterocycles. The summed E-state index contributed by atoms with van der Waals surface area (Å²) in [5, 5.41) is 7.63. The Morgan fingerprint density at radius 3 is 2.53 bits per heavy atom. The third-order valence-electron chi connectivity index (χ3n) is 5.09. The van der Waals surface area contributed by atoms with Gasteiger partial charge in [-0.25, -0.2) is 0 Å². The first-order valence-electron chi connectivity index (χ1n) is 8.00. The molecule has 3 rings (SSSR count). The van der Waals surface area contributed by atoms with Crippen molar-refractivity contribution >= 4 is 12.4 Å². The molecule has 1 heterocycles. The maximum absolute atomic E-state index is 5.64. The van der Waals surface area contributed by atoms with Crippen molar-refractivity contribution in [3.63, 3.8) is 0 Å². The van der Waals surface area contributed by atoms with Crippen molar-refractivity contribution in [3.8, 4) is 0 Å². The maximum Gasteiger partial charge on any atom is 0.0623 e. The van der Waals surface area contributed by atoms with Gasteiger partial charge < -0.3 is 15.4 Å². The molecule has 3 fully saturated rings. The molecule has 1 saturated heterocycles. The largest absolute Gasteiger partial charge is 0.379 e. The van der Waals surface area contributed by atoms with Gasteiger partial charge in [-0.3, -0.25) is 0 Å². The van der Waals surface area contributed by atoms with E-state index in [1.165, 1.54) is 51.4 Å². The van der Waals surface area contributed by atoms with Crippen LogP contribution >= 0.6 is 12.4 Å². The number of hydrogen-bond acceptors (Lipinski definition) is 3. The van der Waals surface area contributed by atoms with E-state index >= 15 is 0 Å². The van der Waals surface area contributed by atoms with Crippen molar-refractivity contribution in [2.45, 2.75) is 69.5 Å². The van der Waals surface area contributed by atoms with E-state index in [-0.39, 0.29) is 12.4 Å². The summed E-state index contributed by atoms with van der Waals surface area (Å²) in [6.45, 7) is 2.86. The Balaban J connectivity index is 0.00000133. The van der Waals surface area contributed by atoms with Crippen LogP contribution in [-0.4, -0.2) is 37.9 Å². The van der Waals surface area contributed by atoms with Crippen molar-refractivity contribution in [2.75, 3.05) is 19.8 Å². The van der Waals surface area contributed by atoms with E-state index in [0.717, 1.165) is 37.8 Å². The number of halogens is 1. The maximum atomic E-state index is 5.64. The van der Waals surface area contributed by atoms with Crippen LogP contribution in [0.2, 0.25) is 0 Å². The van der Waals surface area contributed by atoms with E-state index in [4.69, 9.17) is 4.74 Å². The molecule has 0 aromatic rings. The third kappa shape index (κ3) is 4.07. The summed E-state index contributed by atoms with van der Waals surface area (Å²) in [7, 11) is 0. The molecule has 3 nitrogen and oxygen atoms in total. The minimum atomic E-state index is 0. The van der Waals surface area contributed by atoms with E-state index in [1.54, 1.807) is 0 Å². The lowest BCUT2D eigenvalue weighted by atomic mass is 9.90. The Morgan fingerprint density at radius 2 is 1.79 bits per heavy atom. The van der Waals surface area contributed by atoms with Gasteiger partial charge in [-0.1, -0.05) is 25.7 Å². The highest BCUT2D eigenvalue weighted by molar-refractivity contribution is 5.85. The topological polar surface area (TPSA) is 33.3 Å². The minimum Gasteiger partial charge on any atom is -0.379 e. The average Bonchev–Trinajstić information content (AvgIpc) is 2.89. The first-order valence-corrected chi connectivity index (χ1v) is 8.00. The highest BCUT2D eigenvalue weighted by Gasteiger charge is 2.35. The number of morpholine rings is 1. The average molecular weight is 289 g/mol. The first kappa shape index (κ1) is 15.6. The normalized spacial score (nSPS) is 36.9. The monoisotopic (exact) mass is 288 g/mol. The van der Waals surface area contributed by atoms with Crippen LogP contribution in [-0.2, 0) is 4.74 Å². The van der Waals surface area contributed by atoms with E-state index in [2.05, 4.69) is 10.6 Å². The Labute approximate surface area is 123 Å². The summed E-state index contributed by atoms with van der Waals surface area (Å²) in [6.07, 6.45) is 11.3. The number of nitrogens with one attached hydrogen (secondary N) is 2. The zero-order valence-corrected chi connectivity index (χ0v) is 12.7. The van der Waals surface area contributed by atoms with Gasteiger partial charge in [0.05, 0.1) is 13.2 Å². The minimum absolute atomic E-state index is 0. The van der Waals surface area contributed by atoms with Gasteiger partial charge in [-0.05, 0) is 31.6 Å². The summed E-state index contributed by atoms with van der Waals surface area (Å²) < 4.78 is 5.64. The van der Waals surface area contributed by atoms with Crippen LogP contribution in [0.1, 0.15) is 51.4 Å². The second-order valence-corrected chi connectivity index (χ2v) is 6.34. The molecule has 0 aromatic carbocycles. The Bertz CT molecular complexity index is 253. The highest BCUT2D eigenvalue weighted by atomic mass is 35.5. The molecule has 0 bridgehead atoms. The van der Waals surface area contributed by atoms with Crippen LogP contribution in [0.3, 0.4) is 0 Å². The Kier molecular flexibility index (Phi) is 6.40. The molecule has 19 heavy (non-hydrogen) atoms. The van der Waals surface area contributed by atoms with Crippen molar-refractivity contribution in [1.82, 2.24) is 10.6 Å². The number of hydrogen-bond donors (Lipinski definition) is 2. The molecule has 1 aliphatic heterocycles. The van der Waals surface area contributed by atoms with Crippen LogP contribution in [0, 0.1) is 5.92 Å². The fourth-order valence-electron chi connectivity index (χ4n) is 4.11. The SMILES string of the molecule is C1CCC(NC2CCCC2C2COCCN2)CC1.Cl. The van der Waals surface area contributed by atoms with Crippen molar-refractivity contribution in [3.05, 3.63) is 0 Å². The molecule has 112 valence electrons. The van der Waals surface area contributed by atoms with Gasteiger partial charge >= 0.3 is 0 Å². The number of ether oxygens (including phenoxy) is 1. The lowest BCUT2D eigenvalue weighted by Gasteiger charge is -2.35. The molecule has 0 radical (unpaired) electrons. The molecular formula is C15H29ClN2O. The van der Waals surface area contributed by atoms with Gasteiger partial charge in [0.2, 0.25) is 0 Å². The van der Waals surface area contributed by atoms with Crippen LogP contribution in [0.5, 0.6) is 0 Å². The summed E-state index contributed by atoms with van der Waals surface area (Å²) in [5.41, 5.74) is 0. The van der Waals surface area contributed by atoms with Crippen LogP contribution < -0.4 is 10.6 Å². The first-order chi connectivity index (χ1) is 8.93. The highest BCUT2D eigenvalue weighted by Crippen LogP contribution is 2.31. The zero-order chi connectivity index (χ0) is 12.2. The molecule has 0 amide bonds. The van der Waals surface area contributed by atoms with Gasteiger partial charge in [0.15, 0.2) is 0 Å². The molecule has 3 atom stereocenters. The lowest BCUT2D eigenvalue weighted by Crippen LogP contribution is -2.52. The van der Waals surface area contributed by atoms with E-state index < -0.39 is 0 Å². The predicted octanol–water partition coefficient (Wildman–Crippen LogP) is 2.49. The van der Waals surface area contributed by atoms with E-state index in [9.17, 15) is 0 Å². The summed E-state index contributed by atoms with van der Waals surface area (Å²) in [4.78, 5) is 0. The van der Waals surface area contributed by atoms with E-state index in [0.29, 0.717) is 6.04 Å². The van der Waals surface area contributed by atoms with Gasteiger partial charge in [0.25, 0.3) is 0 Å². The van der Waals surface area contributed by atoms with Crippen LogP contribution in [0.4, 0.5) is 0 Å². The van der Waals surface area contributed by atoms with Gasteiger partial charge in [-0.2, -0.15) is 0 Å². The molecule has 4 heteroatoms. The summed E-state index contributed by atoms with van der Waals surface area (Å²) in [5.74, 6) is 0.798. The van der Waals surface area contributed by atoms with Crippen molar-refractivity contribution < 1.29 is 4.74 Å². The van der Waals surface area contributed by atoms with Crippen LogP contribution in [0.25, 0.3) is 0 Å². The second kappa shape index (κ2) is 7.82. The second-order valence-electron chi connectivity index (χ2n) is 6.34. The quantitative estimate of drug-likeness (QED) is 0.837. The van der Waals surface area contributed by atoms with Gasteiger partial charge in [-0.15, -0.1) is 12.4 Å². The molecule has 3 aliphatic rings. The fourth-order valence-corrected chi connectivity index (χ4v) is 4.11. The van der Waals surface area contributed by atoms with E-state index in [1.807, 2.05) is 0 Å². The fraction of sp³-hybridized carbons (Fsp3) is 1.00. The van der Waals surface area contributed by atoms with Crippen molar-refractivity contribution in [2.24, 2.45) is 5.92 Å². The van der Waals surface area contributed by atoms with Crippen molar-refractivity contribution in [1.29, 1.82) is 0 Å². The van der Waals surface area contributed by atoms with Gasteiger partial charge in [0, 0.05) is 24.7 Å². The molecular weight excluding hydrogens is 260 g/mol. The standard InChI is InChI=1S/C15H28N2O.ClH/c1-2-5-12(6-3-1)17-14-8-4-7-13(14)15-11-18-10-9-16-15;/h12-17H,1-11H2;1H. The van der Waals surface area contributed by atoms with Crippen LogP contribution in [0.15, 0.2) is 0 Å². The lowest BCUT2D eigenvalue weighted by molar-refractivity contribution is 0.0512. The van der Waals surface area contributed by atoms with Gasteiger partial charge in [0.1, 0.15) is 0 Å². The molecule has 0 spiro atoms. The Morgan fingerprint density at radius 1 is 0.947 bits per heavy atom. The summed E-state index contributed by atoms with van der Waals surface area (Å²) in [6, 6.07) is 2.14. The molecule has 2 saturated carbocycles. The zero-order valence-electron chi connectivity index (χ0n) is 11.9. The predicted molar refractivity (Wildman–Crippen MR) is 81.0 cm³/mol. The number of rotatable bonds is 3. The smallest absolute Gasteiger partial charge is 0.0623 e. The third-order valence-corrected chi connectivity index (χ3v) is 5.09.